The summed E-state index contributed by atoms with van der Waals surface area (Å²) in [5.74, 6) is 0.798. The number of piperidine rings is 1. The Balaban J connectivity index is 1.61. The number of hydrogen-bond acceptors (Lipinski definition) is 3. The Bertz CT molecular complexity index is 663. The van der Waals surface area contributed by atoms with Crippen LogP contribution in [0.4, 0.5) is 4.79 Å². The van der Waals surface area contributed by atoms with Crippen LogP contribution >= 0.6 is 23.2 Å². The molecule has 1 heterocycles. The lowest BCUT2D eigenvalue weighted by Crippen LogP contribution is -2.48. The molecule has 0 aromatic heterocycles. The summed E-state index contributed by atoms with van der Waals surface area (Å²) in [6.07, 6.45) is 4.36. The van der Waals surface area contributed by atoms with Crippen LogP contribution in [0.3, 0.4) is 0 Å². The molecule has 4 nitrogen and oxygen atoms in total. The van der Waals surface area contributed by atoms with Crippen LogP contribution in [0.1, 0.15) is 52.0 Å². The number of amides is 1. The minimum absolute atomic E-state index is 0.201. The molecule has 150 valence electrons. The monoisotopic (exact) mass is 412 g/mol. The molecule has 0 bridgehead atoms. The van der Waals surface area contributed by atoms with E-state index in [2.05, 4.69) is 11.0 Å². The Morgan fingerprint density at radius 1 is 1.19 bits per heavy atom. The van der Waals surface area contributed by atoms with Crippen molar-refractivity contribution in [2.24, 2.45) is 5.92 Å². The van der Waals surface area contributed by atoms with Crippen molar-refractivity contribution in [2.75, 3.05) is 19.6 Å². The summed E-state index contributed by atoms with van der Waals surface area (Å²) in [4.78, 5) is 16.7. The molecule has 1 saturated carbocycles. The van der Waals surface area contributed by atoms with Crippen LogP contribution < -0.4 is 0 Å². The smallest absolute Gasteiger partial charge is 0.410 e. The molecule has 0 unspecified atom stereocenters. The fourth-order valence-electron chi connectivity index (χ4n) is 3.60. The Morgan fingerprint density at radius 2 is 1.85 bits per heavy atom. The summed E-state index contributed by atoms with van der Waals surface area (Å²) in [5.41, 5.74) is 0.634. The summed E-state index contributed by atoms with van der Waals surface area (Å²) < 4.78 is 5.51. The van der Waals surface area contributed by atoms with E-state index in [-0.39, 0.29) is 6.09 Å². The number of carbonyl (C=O) groups is 1. The topological polar surface area (TPSA) is 32.8 Å². The maximum atomic E-state index is 12.3. The number of ether oxygens (including phenoxy) is 1. The van der Waals surface area contributed by atoms with Gasteiger partial charge < -0.3 is 9.64 Å². The van der Waals surface area contributed by atoms with Gasteiger partial charge in [-0.15, -0.1) is 0 Å². The zero-order valence-electron chi connectivity index (χ0n) is 16.5. The summed E-state index contributed by atoms with van der Waals surface area (Å²) in [7, 11) is 0. The molecule has 1 aliphatic heterocycles. The number of benzene rings is 1. The van der Waals surface area contributed by atoms with E-state index in [1.807, 2.05) is 37.8 Å². The second-order valence-electron chi connectivity index (χ2n) is 8.78. The van der Waals surface area contributed by atoms with Gasteiger partial charge in [-0.3, -0.25) is 4.90 Å². The van der Waals surface area contributed by atoms with Crippen molar-refractivity contribution in [1.82, 2.24) is 9.80 Å². The lowest BCUT2D eigenvalue weighted by Gasteiger charge is -2.39. The molecule has 0 N–H and O–H groups in total. The van der Waals surface area contributed by atoms with Gasteiger partial charge in [-0.2, -0.15) is 0 Å². The first-order valence-electron chi connectivity index (χ1n) is 9.88. The molecule has 1 aromatic carbocycles. The average Bonchev–Trinajstić information content (AvgIpc) is 3.41. The number of nitrogens with zero attached hydrogens (tertiary/aromatic N) is 2. The van der Waals surface area contributed by atoms with Crippen LogP contribution in [0, 0.1) is 5.92 Å². The van der Waals surface area contributed by atoms with E-state index in [1.54, 1.807) is 0 Å². The fraction of sp³-hybridized carbons (Fsp3) is 0.667. The van der Waals surface area contributed by atoms with Crippen molar-refractivity contribution in [3.8, 4) is 0 Å². The van der Waals surface area contributed by atoms with Gasteiger partial charge in [-0.1, -0.05) is 35.3 Å². The van der Waals surface area contributed by atoms with Gasteiger partial charge in [0.25, 0.3) is 0 Å². The Kier molecular flexibility index (Phi) is 6.60. The molecular formula is C21H30Cl2N2O2. The number of halogens is 2. The molecule has 2 fully saturated rings. The predicted molar refractivity (Wildman–Crippen MR) is 110 cm³/mol. The normalized spacial score (nSPS) is 18.8. The zero-order valence-corrected chi connectivity index (χ0v) is 18.0. The summed E-state index contributed by atoms with van der Waals surface area (Å²) in [5, 5.41) is 1.27. The highest BCUT2D eigenvalue weighted by atomic mass is 35.5. The summed E-state index contributed by atoms with van der Waals surface area (Å²) in [6, 6.07) is 6.31. The van der Waals surface area contributed by atoms with Crippen LogP contribution in [0.5, 0.6) is 0 Å². The molecule has 2 aliphatic rings. The first-order valence-corrected chi connectivity index (χ1v) is 10.6. The van der Waals surface area contributed by atoms with Gasteiger partial charge in [0.1, 0.15) is 5.60 Å². The van der Waals surface area contributed by atoms with E-state index < -0.39 is 5.60 Å². The predicted octanol–water partition coefficient (Wildman–Crippen LogP) is 5.60. The van der Waals surface area contributed by atoms with Crippen molar-refractivity contribution in [3.05, 3.63) is 33.8 Å². The largest absolute Gasteiger partial charge is 0.444 e. The van der Waals surface area contributed by atoms with E-state index in [1.165, 1.54) is 12.8 Å². The second-order valence-corrected chi connectivity index (χ2v) is 9.57. The summed E-state index contributed by atoms with van der Waals surface area (Å²) in [6.45, 7) is 9.11. The molecule has 1 aromatic rings. The lowest BCUT2D eigenvalue weighted by atomic mass is 10.0. The molecule has 3 rings (SSSR count). The highest BCUT2D eigenvalue weighted by molar-refractivity contribution is 6.42. The minimum Gasteiger partial charge on any atom is -0.444 e. The number of likely N-dealkylation sites (tertiary alicyclic amines) is 1. The number of rotatable bonds is 5. The first kappa shape index (κ1) is 20.8. The van der Waals surface area contributed by atoms with Crippen molar-refractivity contribution in [2.45, 2.75) is 64.6 Å². The van der Waals surface area contributed by atoms with Crippen molar-refractivity contribution in [1.29, 1.82) is 0 Å². The molecule has 0 radical (unpaired) electrons. The van der Waals surface area contributed by atoms with E-state index >= 15 is 0 Å². The van der Waals surface area contributed by atoms with Gasteiger partial charge in [-0.05, 0) is 64.0 Å². The standard InChI is InChI=1S/C21H30Cl2N2O2/c1-21(2,3)27-20(26)24-11-9-17(10-12-24)25(13-15-7-8-15)14-16-5-4-6-18(22)19(16)23/h4-6,15,17H,7-14H2,1-3H3. The third kappa shape index (κ3) is 6.00. The third-order valence-corrected chi connectivity index (χ3v) is 6.09. The average molecular weight is 413 g/mol. The number of hydrogen-bond donors (Lipinski definition) is 0. The van der Waals surface area contributed by atoms with E-state index in [9.17, 15) is 4.79 Å². The molecule has 0 atom stereocenters. The Labute approximate surface area is 172 Å². The van der Waals surface area contributed by atoms with Gasteiger partial charge >= 0.3 is 6.09 Å². The van der Waals surface area contributed by atoms with Gasteiger partial charge in [0, 0.05) is 32.2 Å². The molecule has 1 amide bonds. The highest BCUT2D eigenvalue weighted by Gasteiger charge is 2.33. The van der Waals surface area contributed by atoms with Gasteiger partial charge in [0.05, 0.1) is 10.0 Å². The molecule has 0 spiro atoms. The van der Waals surface area contributed by atoms with Crippen molar-refractivity contribution >= 4 is 29.3 Å². The fourth-order valence-corrected chi connectivity index (χ4v) is 3.98. The summed E-state index contributed by atoms with van der Waals surface area (Å²) >= 11 is 12.6. The van der Waals surface area contributed by atoms with E-state index in [0.29, 0.717) is 16.1 Å². The second kappa shape index (κ2) is 8.59. The third-order valence-electron chi connectivity index (χ3n) is 5.23. The number of carbonyl (C=O) groups excluding carboxylic acids is 1. The molecular weight excluding hydrogens is 383 g/mol. The van der Waals surface area contributed by atoms with Crippen molar-refractivity contribution < 1.29 is 9.53 Å². The first-order chi connectivity index (χ1) is 12.7. The maximum Gasteiger partial charge on any atom is 0.410 e. The molecule has 6 heteroatoms. The molecule has 1 saturated heterocycles. The highest BCUT2D eigenvalue weighted by Crippen LogP contribution is 2.34. The van der Waals surface area contributed by atoms with Crippen LogP contribution in [0.2, 0.25) is 10.0 Å². The lowest BCUT2D eigenvalue weighted by molar-refractivity contribution is 0.0134. The van der Waals surface area contributed by atoms with Crippen LogP contribution in [-0.4, -0.2) is 47.2 Å². The van der Waals surface area contributed by atoms with Crippen molar-refractivity contribution in [3.63, 3.8) is 0 Å². The SMILES string of the molecule is CC(C)(C)OC(=O)N1CCC(N(Cc2cccc(Cl)c2Cl)CC2CC2)CC1. The zero-order chi connectivity index (χ0) is 19.6. The van der Waals surface area contributed by atoms with Gasteiger partial charge in [0.2, 0.25) is 0 Å². The van der Waals surface area contributed by atoms with Crippen LogP contribution in [0.25, 0.3) is 0 Å². The minimum atomic E-state index is -0.449. The van der Waals surface area contributed by atoms with Gasteiger partial charge in [-0.25, -0.2) is 4.79 Å². The van der Waals surface area contributed by atoms with Crippen LogP contribution in [0.15, 0.2) is 18.2 Å². The van der Waals surface area contributed by atoms with E-state index in [0.717, 1.165) is 50.5 Å². The Morgan fingerprint density at radius 3 is 2.44 bits per heavy atom. The quantitative estimate of drug-likeness (QED) is 0.630. The van der Waals surface area contributed by atoms with Crippen LogP contribution in [-0.2, 0) is 11.3 Å². The molecule has 27 heavy (non-hydrogen) atoms. The Hall–Kier alpha value is -0.970. The maximum absolute atomic E-state index is 12.3. The van der Waals surface area contributed by atoms with Gasteiger partial charge in [0.15, 0.2) is 0 Å². The molecule has 1 aliphatic carbocycles. The van der Waals surface area contributed by atoms with E-state index in [4.69, 9.17) is 27.9 Å².